The standard InChI is InChI=1S/C17H20N4O4/c1-20-8-9-5-10(20)6-14(9)21-13-4-3-11(24-2)7-12(13)15(19-21)16(22)25-17(18)23/h3-4,7,9-10,14H,5-6,8H2,1-2H3,(H2,18,23). The van der Waals surface area contributed by atoms with Crippen LogP contribution in [0.2, 0.25) is 0 Å². The van der Waals surface area contributed by atoms with Crippen LogP contribution in [0.25, 0.3) is 10.9 Å². The van der Waals surface area contributed by atoms with Gasteiger partial charge in [-0.05, 0) is 44.0 Å². The van der Waals surface area contributed by atoms with Crippen LogP contribution in [0.15, 0.2) is 18.2 Å². The SMILES string of the molecule is COc1ccc2c(c1)c(C(=O)OC(N)=O)nn2C1CC2CC1CN2C. The molecular formula is C17H20N4O4. The van der Waals surface area contributed by atoms with E-state index in [4.69, 9.17) is 10.5 Å². The Balaban J connectivity index is 1.80. The second kappa shape index (κ2) is 5.73. The van der Waals surface area contributed by atoms with Crippen molar-refractivity contribution in [3.8, 4) is 5.75 Å². The molecule has 132 valence electrons. The van der Waals surface area contributed by atoms with Crippen molar-refractivity contribution in [2.24, 2.45) is 11.7 Å². The molecule has 3 unspecified atom stereocenters. The maximum atomic E-state index is 12.3. The number of aromatic nitrogens is 2. The van der Waals surface area contributed by atoms with Crippen molar-refractivity contribution in [2.75, 3.05) is 20.7 Å². The molecule has 25 heavy (non-hydrogen) atoms. The first-order valence-electron chi connectivity index (χ1n) is 8.26. The van der Waals surface area contributed by atoms with E-state index in [-0.39, 0.29) is 11.7 Å². The highest BCUT2D eigenvalue weighted by Crippen LogP contribution is 2.45. The van der Waals surface area contributed by atoms with Gasteiger partial charge in [-0.1, -0.05) is 0 Å². The van der Waals surface area contributed by atoms with E-state index >= 15 is 0 Å². The lowest BCUT2D eigenvalue weighted by Crippen LogP contribution is -2.33. The molecule has 1 aliphatic carbocycles. The van der Waals surface area contributed by atoms with Gasteiger partial charge in [0.2, 0.25) is 0 Å². The lowest BCUT2D eigenvalue weighted by Gasteiger charge is -2.29. The molecule has 1 saturated heterocycles. The Morgan fingerprint density at radius 3 is 2.72 bits per heavy atom. The number of ether oxygens (including phenoxy) is 2. The van der Waals surface area contributed by atoms with E-state index in [0.29, 0.717) is 23.1 Å². The largest absolute Gasteiger partial charge is 0.497 e. The van der Waals surface area contributed by atoms with Gasteiger partial charge in [-0.2, -0.15) is 5.10 Å². The Morgan fingerprint density at radius 1 is 1.32 bits per heavy atom. The fourth-order valence-electron chi connectivity index (χ4n) is 4.24. The molecule has 2 heterocycles. The summed E-state index contributed by atoms with van der Waals surface area (Å²) in [5.41, 5.74) is 5.90. The zero-order chi connectivity index (χ0) is 17.7. The highest BCUT2D eigenvalue weighted by Gasteiger charge is 2.45. The lowest BCUT2D eigenvalue weighted by molar-refractivity contribution is 0.0632. The third kappa shape index (κ3) is 2.53. The summed E-state index contributed by atoms with van der Waals surface area (Å²) >= 11 is 0. The average Bonchev–Trinajstić information content (AvgIpc) is 3.24. The van der Waals surface area contributed by atoms with Crippen molar-refractivity contribution in [3.05, 3.63) is 23.9 Å². The minimum absolute atomic E-state index is 0.0869. The molecule has 1 aliphatic heterocycles. The predicted molar refractivity (Wildman–Crippen MR) is 89.5 cm³/mol. The van der Waals surface area contributed by atoms with Crippen LogP contribution in [0.3, 0.4) is 0 Å². The molecule has 8 nitrogen and oxygen atoms in total. The highest BCUT2D eigenvalue weighted by atomic mass is 16.6. The lowest BCUT2D eigenvalue weighted by atomic mass is 10.0. The summed E-state index contributed by atoms with van der Waals surface area (Å²) in [6, 6.07) is 6.23. The first kappa shape index (κ1) is 15.9. The van der Waals surface area contributed by atoms with E-state index in [1.165, 1.54) is 0 Å². The summed E-state index contributed by atoms with van der Waals surface area (Å²) in [4.78, 5) is 25.6. The number of benzene rings is 1. The third-order valence-electron chi connectivity index (χ3n) is 5.39. The number of likely N-dealkylation sites (tertiary alicyclic amines) is 1. The molecule has 2 fully saturated rings. The molecule has 2 aromatic rings. The van der Waals surface area contributed by atoms with Crippen LogP contribution < -0.4 is 10.5 Å². The van der Waals surface area contributed by atoms with E-state index < -0.39 is 12.1 Å². The van der Waals surface area contributed by atoms with Gasteiger partial charge < -0.3 is 20.1 Å². The third-order valence-corrected chi connectivity index (χ3v) is 5.39. The van der Waals surface area contributed by atoms with Crippen LogP contribution >= 0.6 is 0 Å². The molecule has 2 aliphatic rings. The number of nitrogens with zero attached hydrogens (tertiary/aromatic N) is 3. The minimum Gasteiger partial charge on any atom is -0.497 e. The Morgan fingerprint density at radius 2 is 2.12 bits per heavy atom. The topological polar surface area (TPSA) is 99.7 Å². The van der Waals surface area contributed by atoms with Gasteiger partial charge in [0, 0.05) is 18.0 Å². The number of rotatable bonds is 3. The Bertz CT molecular complexity index is 860. The zero-order valence-corrected chi connectivity index (χ0v) is 14.1. The molecule has 1 saturated carbocycles. The van der Waals surface area contributed by atoms with Crippen molar-refractivity contribution >= 4 is 23.0 Å². The quantitative estimate of drug-likeness (QED) is 0.670. The molecule has 1 aromatic heterocycles. The fourth-order valence-corrected chi connectivity index (χ4v) is 4.24. The van der Waals surface area contributed by atoms with Gasteiger partial charge in [-0.15, -0.1) is 0 Å². The summed E-state index contributed by atoms with van der Waals surface area (Å²) in [7, 11) is 3.70. The number of esters is 1. The van der Waals surface area contributed by atoms with Gasteiger partial charge in [-0.3, -0.25) is 4.68 Å². The molecule has 4 rings (SSSR count). The van der Waals surface area contributed by atoms with E-state index in [2.05, 4.69) is 21.8 Å². The number of carbonyl (C=O) groups excluding carboxylic acids is 2. The molecule has 0 spiro atoms. The number of piperidine rings is 1. The number of carbonyl (C=O) groups is 2. The van der Waals surface area contributed by atoms with Gasteiger partial charge in [0.1, 0.15) is 5.75 Å². The summed E-state index contributed by atoms with van der Waals surface area (Å²) in [5.74, 6) is 0.262. The van der Waals surface area contributed by atoms with Crippen molar-refractivity contribution < 1.29 is 19.1 Å². The number of nitrogens with two attached hydrogens (primary N) is 1. The maximum absolute atomic E-state index is 12.3. The molecule has 2 N–H and O–H groups in total. The maximum Gasteiger partial charge on any atom is 0.412 e. The number of primary amides is 1. The van der Waals surface area contributed by atoms with Crippen LogP contribution in [-0.4, -0.2) is 53.5 Å². The van der Waals surface area contributed by atoms with Gasteiger partial charge in [-0.25, -0.2) is 9.59 Å². The van der Waals surface area contributed by atoms with Crippen LogP contribution in [0.5, 0.6) is 5.75 Å². The van der Waals surface area contributed by atoms with Gasteiger partial charge in [0.05, 0.1) is 18.7 Å². The number of amides is 1. The Kier molecular flexibility index (Phi) is 3.64. The molecule has 2 bridgehead atoms. The minimum atomic E-state index is -1.14. The van der Waals surface area contributed by atoms with Gasteiger partial charge in [0.15, 0.2) is 5.69 Å². The fraction of sp³-hybridized carbons (Fsp3) is 0.471. The molecular weight excluding hydrogens is 324 g/mol. The summed E-state index contributed by atoms with van der Waals surface area (Å²) in [6.07, 6.45) is 0.991. The molecule has 0 radical (unpaired) electrons. The highest BCUT2D eigenvalue weighted by molar-refractivity contribution is 6.05. The summed E-state index contributed by atoms with van der Waals surface area (Å²) in [5, 5.41) is 5.10. The Labute approximate surface area is 144 Å². The van der Waals surface area contributed by atoms with Crippen molar-refractivity contribution in [1.29, 1.82) is 0 Å². The van der Waals surface area contributed by atoms with Crippen molar-refractivity contribution in [2.45, 2.75) is 24.9 Å². The average molecular weight is 344 g/mol. The van der Waals surface area contributed by atoms with Crippen molar-refractivity contribution in [3.63, 3.8) is 0 Å². The first-order chi connectivity index (χ1) is 12.0. The Hall–Kier alpha value is -2.61. The van der Waals surface area contributed by atoms with Crippen molar-refractivity contribution in [1.82, 2.24) is 14.7 Å². The van der Waals surface area contributed by atoms with E-state index in [0.717, 1.165) is 24.9 Å². The van der Waals surface area contributed by atoms with Gasteiger partial charge in [0.25, 0.3) is 0 Å². The molecule has 1 amide bonds. The van der Waals surface area contributed by atoms with Crippen LogP contribution in [0.1, 0.15) is 29.4 Å². The second-order valence-corrected chi connectivity index (χ2v) is 6.78. The molecule has 1 aromatic carbocycles. The number of fused-ring (bicyclic) bond motifs is 3. The monoisotopic (exact) mass is 344 g/mol. The number of methoxy groups -OCH3 is 1. The summed E-state index contributed by atoms with van der Waals surface area (Å²) in [6.45, 7) is 1.02. The molecule has 8 heteroatoms. The molecule has 3 atom stereocenters. The van der Waals surface area contributed by atoms with Crippen LogP contribution in [0.4, 0.5) is 4.79 Å². The first-order valence-corrected chi connectivity index (χ1v) is 8.26. The zero-order valence-electron chi connectivity index (χ0n) is 14.1. The van der Waals surface area contributed by atoms with Gasteiger partial charge >= 0.3 is 12.1 Å². The van der Waals surface area contributed by atoms with Crippen LogP contribution in [0, 0.1) is 5.92 Å². The van der Waals surface area contributed by atoms with E-state index in [1.807, 2.05) is 16.8 Å². The summed E-state index contributed by atoms with van der Waals surface area (Å²) < 4.78 is 11.7. The van der Waals surface area contributed by atoms with Crippen LogP contribution in [-0.2, 0) is 4.74 Å². The second-order valence-electron chi connectivity index (χ2n) is 6.78. The number of hydrogen-bond acceptors (Lipinski definition) is 6. The predicted octanol–water partition coefficient (Wildman–Crippen LogP) is 1.55. The normalized spacial score (nSPS) is 25.4. The van der Waals surface area contributed by atoms with E-state index in [1.54, 1.807) is 13.2 Å². The smallest absolute Gasteiger partial charge is 0.412 e. The number of hydrogen-bond donors (Lipinski definition) is 1. The van der Waals surface area contributed by atoms with E-state index in [9.17, 15) is 9.59 Å².